The largest absolute Gasteiger partial charge is 0.493 e. The molecule has 7 heteroatoms. The first-order valence-corrected chi connectivity index (χ1v) is 6.39. The van der Waals surface area contributed by atoms with Gasteiger partial charge < -0.3 is 13.7 Å². The molecule has 1 aromatic carbocycles. The fourth-order valence-corrected chi connectivity index (χ4v) is 1.57. The molecule has 17 heavy (non-hydrogen) atoms. The van der Waals surface area contributed by atoms with Crippen molar-refractivity contribution in [3.05, 3.63) is 18.2 Å². The van der Waals surface area contributed by atoms with Crippen molar-refractivity contribution < 1.29 is 26.9 Å². The van der Waals surface area contributed by atoms with E-state index < -0.39 is 16.1 Å². The van der Waals surface area contributed by atoms with Crippen molar-refractivity contribution in [2.45, 2.75) is 6.92 Å². The Kier molecular flexibility index (Phi) is 3.95. The van der Waals surface area contributed by atoms with E-state index in [4.69, 9.17) is 9.47 Å². The fraction of sp³-hybridized carbons (Fsp3) is 0.300. The Balaban J connectivity index is 3.08. The highest BCUT2D eigenvalue weighted by molar-refractivity contribution is 7.86. The van der Waals surface area contributed by atoms with Crippen LogP contribution in [-0.2, 0) is 14.9 Å². The number of ether oxygens (including phenoxy) is 2. The predicted octanol–water partition coefficient (Wildman–Crippen LogP) is 0.959. The Labute approximate surface area is 99.2 Å². The second-order valence-electron chi connectivity index (χ2n) is 3.19. The van der Waals surface area contributed by atoms with E-state index in [0.29, 0.717) is 5.75 Å². The van der Waals surface area contributed by atoms with E-state index in [-0.39, 0.29) is 11.5 Å². The highest BCUT2D eigenvalue weighted by atomic mass is 32.2. The molecular weight excluding hydrogens is 248 g/mol. The van der Waals surface area contributed by atoms with Crippen LogP contribution in [0.1, 0.15) is 6.92 Å². The van der Waals surface area contributed by atoms with Crippen molar-refractivity contribution in [1.29, 1.82) is 0 Å². The highest BCUT2D eigenvalue weighted by Crippen LogP contribution is 2.31. The predicted molar refractivity (Wildman–Crippen MR) is 59.8 cm³/mol. The molecule has 0 radical (unpaired) electrons. The molecule has 0 aliphatic heterocycles. The molecule has 0 bridgehead atoms. The SMILES string of the molecule is COc1ccc(OS(C)(=O)=O)cc1OC(C)=O. The minimum Gasteiger partial charge on any atom is -0.493 e. The van der Waals surface area contributed by atoms with Gasteiger partial charge in [-0.2, -0.15) is 8.42 Å². The van der Waals surface area contributed by atoms with E-state index in [1.807, 2.05) is 0 Å². The molecule has 1 aromatic rings. The molecule has 0 saturated carbocycles. The summed E-state index contributed by atoms with van der Waals surface area (Å²) in [5.74, 6) is -0.0912. The maximum Gasteiger partial charge on any atom is 0.308 e. The summed E-state index contributed by atoms with van der Waals surface area (Å²) < 4.78 is 36.3. The summed E-state index contributed by atoms with van der Waals surface area (Å²) in [7, 11) is -2.22. The molecule has 6 nitrogen and oxygen atoms in total. The standard InChI is InChI=1S/C10H12O6S/c1-7(11)15-10-6-8(16-17(3,12)13)4-5-9(10)14-2/h4-6H,1-3H3. The average molecular weight is 260 g/mol. The molecule has 0 amide bonds. The number of carbonyl (C=O) groups excluding carboxylic acids is 1. The summed E-state index contributed by atoms with van der Waals surface area (Å²) in [5, 5.41) is 0. The van der Waals surface area contributed by atoms with Gasteiger partial charge in [0, 0.05) is 13.0 Å². The van der Waals surface area contributed by atoms with Gasteiger partial charge in [-0.25, -0.2) is 0 Å². The molecule has 0 saturated heterocycles. The van der Waals surface area contributed by atoms with Gasteiger partial charge in [-0.1, -0.05) is 0 Å². The second-order valence-corrected chi connectivity index (χ2v) is 4.77. The van der Waals surface area contributed by atoms with Gasteiger partial charge in [0.15, 0.2) is 11.5 Å². The van der Waals surface area contributed by atoms with Crippen molar-refractivity contribution in [2.24, 2.45) is 0 Å². The lowest BCUT2D eigenvalue weighted by molar-refractivity contribution is -0.132. The van der Waals surface area contributed by atoms with Crippen LogP contribution < -0.4 is 13.7 Å². The minimum atomic E-state index is -3.62. The monoisotopic (exact) mass is 260 g/mol. The Bertz CT molecular complexity index is 520. The van der Waals surface area contributed by atoms with E-state index in [0.717, 1.165) is 6.26 Å². The van der Waals surface area contributed by atoms with Crippen LogP contribution in [0, 0.1) is 0 Å². The molecule has 0 heterocycles. The Hall–Kier alpha value is -1.76. The van der Waals surface area contributed by atoms with Gasteiger partial charge in [0.1, 0.15) is 5.75 Å². The number of rotatable bonds is 4. The Morgan fingerprint density at radius 1 is 1.24 bits per heavy atom. The fourth-order valence-electron chi connectivity index (χ4n) is 1.12. The van der Waals surface area contributed by atoms with Crippen LogP contribution in [-0.4, -0.2) is 27.8 Å². The van der Waals surface area contributed by atoms with Gasteiger partial charge in [0.05, 0.1) is 13.4 Å². The first kappa shape index (κ1) is 13.3. The third-order valence-electron chi connectivity index (χ3n) is 1.64. The van der Waals surface area contributed by atoms with Crippen molar-refractivity contribution in [3.63, 3.8) is 0 Å². The van der Waals surface area contributed by atoms with Gasteiger partial charge >= 0.3 is 16.1 Å². The molecule has 0 atom stereocenters. The van der Waals surface area contributed by atoms with E-state index in [1.54, 1.807) is 0 Å². The quantitative estimate of drug-likeness (QED) is 0.456. The third kappa shape index (κ3) is 4.31. The van der Waals surface area contributed by atoms with E-state index in [1.165, 1.54) is 32.2 Å². The van der Waals surface area contributed by atoms with Gasteiger partial charge in [-0.15, -0.1) is 0 Å². The third-order valence-corrected chi connectivity index (χ3v) is 2.13. The van der Waals surface area contributed by atoms with Crippen molar-refractivity contribution in [1.82, 2.24) is 0 Å². The Morgan fingerprint density at radius 2 is 1.88 bits per heavy atom. The number of esters is 1. The zero-order valence-corrected chi connectivity index (χ0v) is 10.4. The number of methoxy groups -OCH3 is 1. The van der Waals surface area contributed by atoms with Crippen LogP contribution in [0.25, 0.3) is 0 Å². The summed E-state index contributed by atoms with van der Waals surface area (Å²) in [6.07, 6.45) is 0.919. The molecule has 0 unspecified atom stereocenters. The summed E-state index contributed by atoms with van der Waals surface area (Å²) >= 11 is 0. The van der Waals surface area contributed by atoms with E-state index >= 15 is 0 Å². The normalized spacial score (nSPS) is 10.8. The number of hydrogen-bond donors (Lipinski definition) is 0. The summed E-state index contributed by atoms with van der Waals surface area (Å²) in [5.41, 5.74) is 0. The maximum absolute atomic E-state index is 10.9. The zero-order valence-electron chi connectivity index (χ0n) is 9.59. The zero-order chi connectivity index (χ0) is 13.1. The lowest BCUT2D eigenvalue weighted by Gasteiger charge is -2.09. The summed E-state index contributed by atoms with van der Waals surface area (Å²) in [6.45, 7) is 1.23. The maximum atomic E-state index is 10.9. The Morgan fingerprint density at radius 3 is 2.35 bits per heavy atom. The van der Waals surface area contributed by atoms with E-state index in [9.17, 15) is 13.2 Å². The first-order valence-electron chi connectivity index (χ1n) is 4.58. The molecule has 1 rings (SSSR count). The van der Waals surface area contributed by atoms with Gasteiger partial charge in [0.25, 0.3) is 0 Å². The molecule has 0 spiro atoms. The highest BCUT2D eigenvalue weighted by Gasteiger charge is 2.11. The molecule has 94 valence electrons. The van der Waals surface area contributed by atoms with Gasteiger partial charge in [-0.05, 0) is 12.1 Å². The first-order chi connectivity index (χ1) is 7.81. The molecule has 0 N–H and O–H groups in total. The topological polar surface area (TPSA) is 78.9 Å². The van der Waals surface area contributed by atoms with Gasteiger partial charge in [-0.3, -0.25) is 4.79 Å². The van der Waals surface area contributed by atoms with Crippen LogP contribution in [0.5, 0.6) is 17.2 Å². The second kappa shape index (κ2) is 5.05. The number of benzene rings is 1. The van der Waals surface area contributed by atoms with Crippen LogP contribution in [0.4, 0.5) is 0 Å². The van der Waals surface area contributed by atoms with Crippen LogP contribution in [0.15, 0.2) is 18.2 Å². The van der Waals surface area contributed by atoms with E-state index in [2.05, 4.69) is 4.18 Å². The average Bonchev–Trinajstić information content (AvgIpc) is 2.14. The summed E-state index contributed by atoms with van der Waals surface area (Å²) in [4.78, 5) is 10.8. The minimum absolute atomic E-state index is 0.0459. The molecule has 0 aliphatic rings. The van der Waals surface area contributed by atoms with Crippen LogP contribution in [0.2, 0.25) is 0 Å². The molecule has 0 fully saturated rings. The molecule has 0 aliphatic carbocycles. The van der Waals surface area contributed by atoms with Crippen LogP contribution >= 0.6 is 0 Å². The number of carbonyl (C=O) groups is 1. The summed E-state index contributed by atoms with van der Waals surface area (Å²) in [6, 6.07) is 4.10. The van der Waals surface area contributed by atoms with Crippen molar-refractivity contribution >= 4 is 16.1 Å². The van der Waals surface area contributed by atoms with Crippen LogP contribution in [0.3, 0.4) is 0 Å². The molecule has 0 aromatic heterocycles. The smallest absolute Gasteiger partial charge is 0.308 e. The number of hydrogen-bond acceptors (Lipinski definition) is 6. The lowest BCUT2D eigenvalue weighted by atomic mass is 10.3. The van der Waals surface area contributed by atoms with Crippen molar-refractivity contribution in [2.75, 3.05) is 13.4 Å². The lowest BCUT2D eigenvalue weighted by Crippen LogP contribution is -2.07. The molecular formula is C10H12O6S. The van der Waals surface area contributed by atoms with Crippen molar-refractivity contribution in [3.8, 4) is 17.2 Å². The van der Waals surface area contributed by atoms with Gasteiger partial charge in [0.2, 0.25) is 0 Å².